The van der Waals surface area contributed by atoms with Crippen LogP contribution in [-0.2, 0) is 5.41 Å². The van der Waals surface area contributed by atoms with Crippen LogP contribution in [0.4, 0.5) is 0 Å². The number of aryl methyl sites for hydroxylation is 3. The van der Waals surface area contributed by atoms with Crippen LogP contribution in [0.15, 0.2) is 146 Å². The van der Waals surface area contributed by atoms with Gasteiger partial charge in [-0.15, -0.1) is 0 Å². The van der Waals surface area contributed by atoms with Crippen LogP contribution in [0.2, 0.25) is 0 Å². The van der Waals surface area contributed by atoms with E-state index in [0.29, 0.717) is 11.4 Å². The molecule has 0 unspecified atom stereocenters. The van der Waals surface area contributed by atoms with E-state index in [0.717, 1.165) is 66.9 Å². The van der Waals surface area contributed by atoms with Gasteiger partial charge in [0.25, 0.3) is 0 Å². The molecule has 260 valence electrons. The lowest BCUT2D eigenvalue weighted by Gasteiger charge is -2.22. The van der Waals surface area contributed by atoms with E-state index in [-0.39, 0.29) is 11.2 Å². The Balaban J connectivity index is 1.36. The Morgan fingerprint density at radius 2 is 1.26 bits per heavy atom. The molecule has 0 radical (unpaired) electrons. The summed E-state index contributed by atoms with van der Waals surface area (Å²) < 4.78 is 2.20. The van der Waals surface area contributed by atoms with Gasteiger partial charge in [0.1, 0.15) is 11.6 Å². The molecule has 0 aliphatic carbocycles. The number of rotatable bonds is 6. The molecule has 53 heavy (non-hydrogen) atoms. The number of para-hydroxylation sites is 1. The molecule has 0 bridgehead atoms. The zero-order valence-corrected chi connectivity index (χ0v) is 31.1. The van der Waals surface area contributed by atoms with Gasteiger partial charge < -0.3 is 5.11 Å². The third-order valence-electron chi connectivity index (χ3n) is 10.2. The number of hydrogen-bond donors (Lipinski definition) is 1. The smallest absolute Gasteiger partial charge is 0.149 e. The predicted molar refractivity (Wildman–Crippen MR) is 221 cm³/mol. The highest BCUT2D eigenvalue weighted by Gasteiger charge is 2.23. The van der Waals surface area contributed by atoms with Crippen molar-refractivity contribution in [2.24, 2.45) is 0 Å². The van der Waals surface area contributed by atoms with Crippen molar-refractivity contribution in [2.75, 3.05) is 0 Å². The van der Waals surface area contributed by atoms with Crippen LogP contribution in [0.25, 0.3) is 72.7 Å². The molecular weight excluding hydrogens is 647 g/mol. The quantitative estimate of drug-likeness (QED) is 0.189. The third-order valence-corrected chi connectivity index (χ3v) is 10.2. The molecule has 0 aliphatic heterocycles. The number of phenolic OH excluding ortho intramolecular Hbond substituents is 1. The first-order valence-electron chi connectivity index (χ1n) is 18.2. The normalized spacial score (nSPS) is 11.7. The third kappa shape index (κ3) is 6.42. The van der Waals surface area contributed by atoms with Crippen LogP contribution in [0, 0.1) is 20.8 Å². The SMILES string of the molecule is Cc1cc(C)c(O)c(-c2nc3c(-c4cc(-c5cc(-c6ccccc6)ccn5)cc(C(C)(C)C)c4)cccc3n2-c2ccc(-c3ccccc3)c(C)c2)c1. The summed E-state index contributed by atoms with van der Waals surface area (Å²) in [5, 5.41) is 11.5. The van der Waals surface area contributed by atoms with Crippen molar-refractivity contribution in [1.29, 1.82) is 0 Å². The fourth-order valence-corrected chi connectivity index (χ4v) is 7.40. The lowest BCUT2D eigenvalue weighted by molar-refractivity contribution is 0.472. The molecule has 0 fully saturated rings. The Morgan fingerprint density at radius 1 is 0.547 bits per heavy atom. The van der Waals surface area contributed by atoms with Crippen molar-refractivity contribution in [2.45, 2.75) is 47.0 Å². The van der Waals surface area contributed by atoms with Crippen LogP contribution in [0.1, 0.15) is 43.0 Å². The van der Waals surface area contributed by atoms with E-state index in [1.54, 1.807) is 0 Å². The van der Waals surface area contributed by atoms with Crippen molar-refractivity contribution in [3.8, 4) is 67.5 Å². The van der Waals surface area contributed by atoms with Crippen molar-refractivity contribution in [3.63, 3.8) is 0 Å². The summed E-state index contributed by atoms with van der Waals surface area (Å²) in [6.45, 7) is 12.9. The van der Waals surface area contributed by atoms with E-state index in [2.05, 4.69) is 154 Å². The summed E-state index contributed by atoms with van der Waals surface area (Å²) >= 11 is 0. The topological polar surface area (TPSA) is 50.9 Å². The standard InChI is InChI=1S/C49H43N3O/c1-31-24-33(3)47(53)43(25-31)48-51-46-42(18-13-19-45(46)52(48)40-20-21-41(32(2)26-40)35-16-11-8-12-17-35)37-27-38(29-39(28-37)49(4,5)6)44-30-36(22-23-50-44)34-14-9-7-10-15-34/h7-30,53H,1-6H3. The van der Waals surface area contributed by atoms with E-state index in [9.17, 15) is 5.11 Å². The molecular formula is C49H43N3O. The van der Waals surface area contributed by atoms with Crippen LogP contribution in [-0.4, -0.2) is 19.6 Å². The van der Waals surface area contributed by atoms with Gasteiger partial charge in [-0.1, -0.05) is 112 Å². The molecule has 0 saturated heterocycles. The number of hydrogen-bond acceptors (Lipinski definition) is 3. The molecule has 0 atom stereocenters. The average Bonchev–Trinajstić information content (AvgIpc) is 3.56. The van der Waals surface area contributed by atoms with Gasteiger partial charge in [0.2, 0.25) is 0 Å². The first kappa shape index (κ1) is 33.9. The van der Waals surface area contributed by atoms with Crippen LogP contribution < -0.4 is 0 Å². The second-order valence-corrected chi connectivity index (χ2v) is 15.1. The average molecular weight is 690 g/mol. The maximum atomic E-state index is 11.5. The molecule has 1 N–H and O–H groups in total. The van der Waals surface area contributed by atoms with Gasteiger partial charge in [-0.3, -0.25) is 9.55 Å². The maximum Gasteiger partial charge on any atom is 0.149 e. The van der Waals surface area contributed by atoms with Gasteiger partial charge in [-0.2, -0.15) is 0 Å². The largest absolute Gasteiger partial charge is 0.507 e. The first-order valence-corrected chi connectivity index (χ1v) is 18.2. The van der Waals surface area contributed by atoms with Crippen LogP contribution in [0.5, 0.6) is 5.75 Å². The molecule has 4 nitrogen and oxygen atoms in total. The summed E-state index contributed by atoms with van der Waals surface area (Å²) in [4.78, 5) is 10.3. The lowest BCUT2D eigenvalue weighted by Crippen LogP contribution is -2.11. The maximum absolute atomic E-state index is 11.5. The number of phenols is 1. The number of aromatic nitrogens is 3. The molecule has 0 aliphatic rings. The summed E-state index contributed by atoms with van der Waals surface area (Å²) in [6.07, 6.45) is 1.90. The monoisotopic (exact) mass is 689 g/mol. The van der Waals surface area contributed by atoms with Gasteiger partial charge >= 0.3 is 0 Å². The van der Waals surface area contributed by atoms with Crippen LogP contribution >= 0.6 is 0 Å². The second kappa shape index (κ2) is 13.4. The summed E-state index contributed by atoms with van der Waals surface area (Å²) in [7, 11) is 0. The Kier molecular flexibility index (Phi) is 8.54. The highest BCUT2D eigenvalue weighted by atomic mass is 16.3. The first-order chi connectivity index (χ1) is 25.5. The minimum absolute atomic E-state index is 0.108. The Hall–Kier alpha value is -6.26. The number of nitrogens with zero attached hydrogens (tertiary/aromatic N) is 3. The van der Waals surface area contributed by atoms with E-state index in [1.165, 1.54) is 16.7 Å². The van der Waals surface area contributed by atoms with Gasteiger partial charge in [0.05, 0.1) is 22.3 Å². The molecule has 4 heteroatoms. The van der Waals surface area contributed by atoms with Gasteiger partial charge in [-0.05, 0) is 125 Å². The molecule has 0 saturated carbocycles. The van der Waals surface area contributed by atoms with Gasteiger partial charge in [-0.25, -0.2) is 4.98 Å². The van der Waals surface area contributed by atoms with E-state index in [1.807, 2.05) is 37.4 Å². The number of imidazole rings is 1. The van der Waals surface area contributed by atoms with Crippen molar-refractivity contribution < 1.29 is 5.11 Å². The minimum Gasteiger partial charge on any atom is -0.507 e. The number of pyridine rings is 1. The molecule has 8 aromatic rings. The van der Waals surface area contributed by atoms with Gasteiger partial charge in [0.15, 0.2) is 0 Å². The highest BCUT2D eigenvalue weighted by molar-refractivity contribution is 5.97. The Morgan fingerprint density at radius 3 is 1.98 bits per heavy atom. The number of fused-ring (bicyclic) bond motifs is 1. The second-order valence-electron chi connectivity index (χ2n) is 15.1. The fraction of sp³-hybridized carbons (Fsp3) is 0.143. The highest BCUT2D eigenvalue weighted by Crippen LogP contribution is 2.41. The Bertz CT molecular complexity index is 2630. The molecule has 0 amide bonds. The van der Waals surface area contributed by atoms with Crippen molar-refractivity contribution in [3.05, 3.63) is 168 Å². The number of benzene rings is 6. The fourth-order valence-electron chi connectivity index (χ4n) is 7.40. The molecule has 0 spiro atoms. The lowest BCUT2D eigenvalue weighted by atomic mass is 9.83. The Labute approximate surface area is 312 Å². The zero-order chi connectivity index (χ0) is 36.9. The van der Waals surface area contributed by atoms with Gasteiger partial charge in [0, 0.05) is 23.0 Å². The molecule has 2 aromatic heterocycles. The minimum atomic E-state index is -0.108. The van der Waals surface area contributed by atoms with Crippen LogP contribution in [0.3, 0.4) is 0 Å². The van der Waals surface area contributed by atoms with E-state index >= 15 is 0 Å². The van der Waals surface area contributed by atoms with Crippen molar-refractivity contribution >= 4 is 11.0 Å². The van der Waals surface area contributed by atoms with E-state index in [4.69, 9.17) is 9.97 Å². The predicted octanol–water partition coefficient (Wildman–Crippen LogP) is 12.7. The summed E-state index contributed by atoms with van der Waals surface area (Å²) in [5.41, 5.74) is 16.4. The summed E-state index contributed by atoms with van der Waals surface area (Å²) in [6, 6.07) is 49.0. The zero-order valence-electron chi connectivity index (χ0n) is 31.1. The van der Waals surface area contributed by atoms with E-state index < -0.39 is 0 Å². The molecule has 8 rings (SSSR count). The number of aromatic hydroxyl groups is 1. The molecule has 2 heterocycles. The molecule has 6 aromatic carbocycles. The van der Waals surface area contributed by atoms with Crippen molar-refractivity contribution in [1.82, 2.24) is 14.5 Å². The summed E-state index contributed by atoms with van der Waals surface area (Å²) in [5.74, 6) is 0.945.